The summed E-state index contributed by atoms with van der Waals surface area (Å²) in [7, 11) is 1.96. The van der Waals surface area contributed by atoms with Gasteiger partial charge in [-0.2, -0.15) is 0 Å². The standard InChI is InChI=1S/C19H30N2O2.ClH/c1-13(2)18-9-8-17(11-14(18)3)23-15(4)19(22)21-10-6-7-16(12-21)20-5;/h8-9,11,13,15-16,20H,6-7,10,12H2,1-5H3;1H. The van der Waals surface area contributed by atoms with Gasteiger partial charge in [-0.25, -0.2) is 0 Å². The number of nitrogens with one attached hydrogen (secondary N) is 1. The summed E-state index contributed by atoms with van der Waals surface area (Å²) < 4.78 is 5.90. The van der Waals surface area contributed by atoms with Crippen LogP contribution in [0.3, 0.4) is 0 Å². The normalized spacial score (nSPS) is 18.9. The number of ether oxygens (including phenoxy) is 1. The van der Waals surface area contributed by atoms with E-state index in [0.717, 1.165) is 31.7 Å². The molecule has 0 radical (unpaired) electrons. The number of carbonyl (C=O) groups is 1. The SMILES string of the molecule is CNC1CCCN(C(=O)C(C)Oc2ccc(C(C)C)c(C)c2)C1.Cl. The molecule has 1 fully saturated rings. The van der Waals surface area contributed by atoms with Crippen LogP contribution >= 0.6 is 12.4 Å². The quantitative estimate of drug-likeness (QED) is 0.879. The van der Waals surface area contributed by atoms with Gasteiger partial charge in [0.05, 0.1) is 0 Å². The van der Waals surface area contributed by atoms with Crippen molar-refractivity contribution in [2.45, 2.75) is 58.6 Å². The molecule has 136 valence electrons. The zero-order valence-corrected chi connectivity index (χ0v) is 16.3. The Morgan fingerprint density at radius 2 is 2.04 bits per heavy atom. The van der Waals surface area contributed by atoms with E-state index in [4.69, 9.17) is 4.74 Å². The molecule has 1 amide bonds. The van der Waals surface area contributed by atoms with E-state index in [1.807, 2.05) is 31.0 Å². The van der Waals surface area contributed by atoms with Crippen molar-refractivity contribution in [1.29, 1.82) is 0 Å². The van der Waals surface area contributed by atoms with Crippen molar-refractivity contribution in [1.82, 2.24) is 10.2 Å². The van der Waals surface area contributed by atoms with E-state index in [-0.39, 0.29) is 18.3 Å². The van der Waals surface area contributed by atoms with Crippen LogP contribution in [0.1, 0.15) is 50.7 Å². The molecule has 1 N–H and O–H groups in total. The van der Waals surface area contributed by atoms with E-state index in [1.165, 1.54) is 11.1 Å². The molecule has 1 aliphatic heterocycles. The summed E-state index contributed by atoms with van der Waals surface area (Å²) in [6, 6.07) is 6.50. The maximum Gasteiger partial charge on any atom is 0.263 e. The van der Waals surface area contributed by atoms with Crippen LogP contribution in [0.4, 0.5) is 0 Å². The molecule has 0 spiro atoms. The van der Waals surface area contributed by atoms with Gasteiger partial charge in [0.15, 0.2) is 6.10 Å². The number of rotatable bonds is 5. The minimum absolute atomic E-state index is 0. The summed E-state index contributed by atoms with van der Waals surface area (Å²) >= 11 is 0. The first-order valence-electron chi connectivity index (χ1n) is 8.65. The van der Waals surface area contributed by atoms with Gasteiger partial charge >= 0.3 is 0 Å². The van der Waals surface area contributed by atoms with Gasteiger partial charge in [0.1, 0.15) is 5.75 Å². The zero-order chi connectivity index (χ0) is 17.0. The minimum Gasteiger partial charge on any atom is -0.481 e. The van der Waals surface area contributed by atoms with Crippen molar-refractivity contribution < 1.29 is 9.53 Å². The van der Waals surface area contributed by atoms with Gasteiger partial charge in [-0.1, -0.05) is 19.9 Å². The first-order chi connectivity index (χ1) is 10.9. The number of aryl methyl sites for hydroxylation is 1. The number of likely N-dealkylation sites (N-methyl/N-ethyl adjacent to an activating group) is 1. The third-order valence-corrected chi connectivity index (χ3v) is 4.67. The molecule has 2 atom stereocenters. The number of piperidine rings is 1. The lowest BCUT2D eigenvalue weighted by molar-refractivity contribution is -0.139. The van der Waals surface area contributed by atoms with Gasteiger partial charge in [0.2, 0.25) is 0 Å². The van der Waals surface area contributed by atoms with E-state index in [2.05, 4.69) is 32.2 Å². The van der Waals surface area contributed by atoms with Gasteiger partial charge in [-0.15, -0.1) is 12.4 Å². The maximum absolute atomic E-state index is 12.6. The smallest absolute Gasteiger partial charge is 0.263 e. The first-order valence-corrected chi connectivity index (χ1v) is 8.65. The molecule has 24 heavy (non-hydrogen) atoms. The second-order valence-electron chi connectivity index (χ2n) is 6.85. The van der Waals surface area contributed by atoms with Crippen LogP contribution < -0.4 is 10.1 Å². The lowest BCUT2D eigenvalue weighted by Crippen LogP contribution is -2.50. The summed E-state index contributed by atoms with van der Waals surface area (Å²) in [5.41, 5.74) is 2.54. The lowest BCUT2D eigenvalue weighted by atomic mass is 9.98. The molecular formula is C19H31ClN2O2. The fourth-order valence-electron chi connectivity index (χ4n) is 3.29. The van der Waals surface area contributed by atoms with Gasteiger partial charge in [-0.05, 0) is 62.9 Å². The Morgan fingerprint density at radius 1 is 1.33 bits per heavy atom. The molecule has 0 bridgehead atoms. The Balaban J connectivity index is 0.00000288. The molecule has 1 aliphatic rings. The number of likely N-dealkylation sites (tertiary alicyclic amines) is 1. The highest BCUT2D eigenvalue weighted by Gasteiger charge is 2.27. The van der Waals surface area contributed by atoms with E-state index in [0.29, 0.717) is 12.0 Å². The van der Waals surface area contributed by atoms with Crippen molar-refractivity contribution >= 4 is 18.3 Å². The third-order valence-electron chi connectivity index (χ3n) is 4.67. The number of benzene rings is 1. The average molecular weight is 355 g/mol. The molecule has 1 saturated heterocycles. The Bertz CT molecular complexity index is 548. The van der Waals surface area contributed by atoms with Gasteiger partial charge in [-0.3, -0.25) is 4.79 Å². The Kier molecular flexibility index (Phi) is 8.04. The highest BCUT2D eigenvalue weighted by atomic mass is 35.5. The number of nitrogens with zero attached hydrogens (tertiary/aromatic N) is 1. The molecule has 2 unspecified atom stereocenters. The highest BCUT2D eigenvalue weighted by Crippen LogP contribution is 2.24. The van der Waals surface area contributed by atoms with Gasteiger partial charge in [0.25, 0.3) is 5.91 Å². The van der Waals surface area contributed by atoms with Crippen molar-refractivity contribution in [2.24, 2.45) is 0 Å². The van der Waals surface area contributed by atoms with Crippen LogP contribution in [0.5, 0.6) is 5.75 Å². The fraction of sp³-hybridized carbons (Fsp3) is 0.632. The topological polar surface area (TPSA) is 41.6 Å². The van der Waals surface area contributed by atoms with Crippen LogP contribution in [0, 0.1) is 6.92 Å². The molecule has 0 saturated carbocycles. The highest BCUT2D eigenvalue weighted by molar-refractivity contribution is 5.85. The lowest BCUT2D eigenvalue weighted by Gasteiger charge is -2.34. The number of hydrogen-bond acceptors (Lipinski definition) is 3. The summed E-state index contributed by atoms with van der Waals surface area (Å²) in [5.74, 6) is 1.35. The summed E-state index contributed by atoms with van der Waals surface area (Å²) in [6.45, 7) is 9.91. The molecule has 2 rings (SSSR count). The monoisotopic (exact) mass is 354 g/mol. The molecule has 1 aromatic carbocycles. The number of hydrogen-bond donors (Lipinski definition) is 1. The van der Waals surface area contributed by atoms with Crippen molar-refractivity contribution in [2.75, 3.05) is 20.1 Å². The van der Waals surface area contributed by atoms with Crippen molar-refractivity contribution in [3.63, 3.8) is 0 Å². The number of halogens is 1. The Morgan fingerprint density at radius 3 is 2.62 bits per heavy atom. The minimum atomic E-state index is -0.449. The van der Waals surface area contributed by atoms with Gasteiger partial charge < -0.3 is 15.0 Å². The van der Waals surface area contributed by atoms with E-state index < -0.39 is 6.10 Å². The molecular weight excluding hydrogens is 324 g/mol. The summed E-state index contributed by atoms with van der Waals surface area (Å²) in [6.07, 6.45) is 1.73. The molecule has 0 aromatic heterocycles. The third kappa shape index (κ3) is 5.12. The summed E-state index contributed by atoms with van der Waals surface area (Å²) in [4.78, 5) is 14.5. The average Bonchev–Trinajstić information content (AvgIpc) is 2.53. The molecule has 0 aliphatic carbocycles. The van der Waals surface area contributed by atoms with E-state index >= 15 is 0 Å². The fourth-order valence-corrected chi connectivity index (χ4v) is 3.29. The Labute approximate surface area is 152 Å². The van der Waals surface area contributed by atoms with Crippen LogP contribution in [0.15, 0.2) is 18.2 Å². The second-order valence-corrected chi connectivity index (χ2v) is 6.85. The molecule has 4 nitrogen and oxygen atoms in total. The molecule has 5 heteroatoms. The van der Waals surface area contributed by atoms with Crippen LogP contribution in [0.2, 0.25) is 0 Å². The van der Waals surface area contributed by atoms with Crippen molar-refractivity contribution in [3.8, 4) is 5.75 Å². The van der Waals surface area contributed by atoms with Crippen LogP contribution in [-0.2, 0) is 4.79 Å². The van der Waals surface area contributed by atoms with Gasteiger partial charge in [0, 0.05) is 19.1 Å². The zero-order valence-electron chi connectivity index (χ0n) is 15.5. The predicted molar refractivity (Wildman–Crippen MR) is 101 cm³/mol. The predicted octanol–water partition coefficient (Wildman–Crippen LogP) is 3.52. The van der Waals surface area contributed by atoms with Crippen molar-refractivity contribution in [3.05, 3.63) is 29.3 Å². The van der Waals surface area contributed by atoms with Crippen LogP contribution in [-0.4, -0.2) is 43.1 Å². The van der Waals surface area contributed by atoms with Crippen LogP contribution in [0.25, 0.3) is 0 Å². The Hall–Kier alpha value is -1.26. The molecule has 1 heterocycles. The second kappa shape index (κ2) is 9.28. The maximum atomic E-state index is 12.6. The summed E-state index contributed by atoms with van der Waals surface area (Å²) in [5, 5.41) is 3.27. The largest absolute Gasteiger partial charge is 0.481 e. The first kappa shape index (κ1) is 20.8. The number of carbonyl (C=O) groups excluding carboxylic acids is 1. The number of amides is 1. The van der Waals surface area contributed by atoms with E-state index in [1.54, 1.807) is 0 Å². The molecule has 1 aromatic rings. The van der Waals surface area contributed by atoms with E-state index in [9.17, 15) is 4.79 Å².